The molecule has 36 heavy (non-hydrogen) atoms. The highest BCUT2D eigenvalue weighted by Gasteiger charge is 2.29. The van der Waals surface area contributed by atoms with Crippen molar-refractivity contribution in [3.05, 3.63) is 76.6 Å². The normalized spacial score (nSPS) is 16.2. The lowest BCUT2D eigenvalue weighted by atomic mass is 9.95. The first-order chi connectivity index (χ1) is 17.1. The first kappa shape index (κ1) is 23.9. The van der Waals surface area contributed by atoms with Crippen molar-refractivity contribution >= 4 is 17.0 Å². The molecular formula is C26H20F5N3O2. The molecule has 4 aromatic rings. The molecule has 0 spiro atoms. The molecule has 1 atom stereocenters. The first-order valence-corrected chi connectivity index (χ1v) is 11.2. The molecule has 2 heterocycles. The van der Waals surface area contributed by atoms with Crippen LogP contribution in [0.2, 0.25) is 0 Å². The Kier molecular flexibility index (Phi) is 5.99. The number of hydrogen-bond donors (Lipinski definition) is 2. The van der Waals surface area contributed by atoms with Crippen LogP contribution in [0.15, 0.2) is 36.4 Å². The van der Waals surface area contributed by atoms with Crippen molar-refractivity contribution in [2.75, 3.05) is 13.1 Å². The number of halogens is 5. The highest BCUT2D eigenvalue weighted by atomic mass is 19.2. The maximum absolute atomic E-state index is 15.3. The van der Waals surface area contributed by atoms with Gasteiger partial charge >= 0.3 is 5.97 Å². The number of carboxylic acids is 1. The molecule has 5 rings (SSSR count). The van der Waals surface area contributed by atoms with Gasteiger partial charge in [0.25, 0.3) is 0 Å². The SMILES string of the molecule is Cc1nc2c(C(=O)O)cc(-c3c(F)c(F)c(-c4cccc(CN5CCC(F)C5)c4)c(F)c3F)cc2[nH]1. The summed E-state index contributed by atoms with van der Waals surface area (Å²) in [6, 6.07) is 8.04. The Bertz CT molecular complexity index is 1490. The molecule has 1 aliphatic heterocycles. The van der Waals surface area contributed by atoms with E-state index in [2.05, 4.69) is 9.97 Å². The lowest BCUT2D eigenvalue weighted by Crippen LogP contribution is -2.20. The summed E-state index contributed by atoms with van der Waals surface area (Å²) >= 11 is 0. The molecule has 1 aliphatic rings. The molecular weight excluding hydrogens is 481 g/mol. The largest absolute Gasteiger partial charge is 0.478 e. The molecule has 0 amide bonds. The smallest absolute Gasteiger partial charge is 0.337 e. The maximum atomic E-state index is 15.3. The van der Waals surface area contributed by atoms with Crippen molar-refractivity contribution in [2.24, 2.45) is 0 Å². The monoisotopic (exact) mass is 501 g/mol. The van der Waals surface area contributed by atoms with Crippen molar-refractivity contribution in [1.29, 1.82) is 0 Å². The second-order valence-corrected chi connectivity index (χ2v) is 8.87. The van der Waals surface area contributed by atoms with Gasteiger partial charge < -0.3 is 10.1 Å². The van der Waals surface area contributed by atoms with E-state index in [4.69, 9.17) is 0 Å². The number of nitrogens with zero attached hydrogens (tertiary/aromatic N) is 2. The molecule has 0 radical (unpaired) electrons. The number of aryl methyl sites for hydroxylation is 1. The van der Waals surface area contributed by atoms with E-state index in [1.807, 2.05) is 4.90 Å². The van der Waals surface area contributed by atoms with Gasteiger partial charge in [-0.2, -0.15) is 0 Å². The van der Waals surface area contributed by atoms with E-state index in [1.165, 1.54) is 24.3 Å². The Morgan fingerprint density at radius 1 is 1.06 bits per heavy atom. The summed E-state index contributed by atoms with van der Waals surface area (Å²) in [5, 5.41) is 9.53. The third-order valence-electron chi connectivity index (χ3n) is 6.32. The van der Waals surface area contributed by atoms with Gasteiger partial charge in [0, 0.05) is 19.6 Å². The average Bonchev–Trinajstić information content (AvgIpc) is 3.41. The second kappa shape index (κ2) is 9.02. The number of aromatic nitrogens is 2. The van der Waals surface area contributed by atoms with Gasteiger partial charge in [-0.25, -0.2) is 31.7 Å². The van der Waals surface area contributed by atoms with E-state index in [0.717, 1.165) is 6.07 Å². The van der Waals surface area contributed by atoms with Crippen LogP contribution in [0.25, 0.3) is 33.3 Å². The first-order valence-electron chi connectivity index (χ1n) is 11.2. The van der Waals surface area contributed by atoms with Crippen molar-refractivity contribution in [3.63, 3.8) is 0 Å². The molecule has 2 N–H and O–H groups in total. The fourth-order valence-electron chi connectivity index (χ4n) is 4.70. The number of rotatable bonds is 5. The summed E-state index contributed by atoms with van der Waals surface area (Å²) in [4.78, 5) is 20.4. The second-order valence-electron chi connectivity index (χ2n) is 8.87. The molecule has 186 valence electrons. The minimum Gasteiger partial charge on any atom is -0.478 e. The lowest BCUT2D eigenvalue weighted by Gasteiger charge is -2.16. The molecule has 3 aromatic carbocycles. The zero-order valence-electron chi connectivity index (χ0n) is 19.0. The number of aromatic amines is 1. The van der Waals surface area contributed by atoms with Crippen LogP contribution >= 0.6 is 0 Å². The standard InChI is InChI=1S/C26H20F5N3O2/c1-12-32-18-9-15(8-17(26(35)36)25(18)33-12)20-23(30)21(28)19(22(29)24(20)31)14-4-2-3-13(7-14)10-34-6-5-16(27)11-34/h2-4,7-9,16H,5-6,10-11H2,1H3,(H,32,33)(H,35,36). The third kappa shape index (κ3) is 4.11. The number of alkyl halides is 1. The van der Waals surface area contributed by atoms with Gasteiger partial charge in [-0.1, -0.05) is 18.2 Å². The van der Waals surface area contributed by atoms with Gasteiger partial charge in [0.05, 0.1) is 22.2 Å². The Labute approximate surface area is 202 Å². The summed E-state index contributed by atoms with van der Waals surface area (Å²) in [5.41, 5.74) is -1.89. The molecule has 1 aromatic heterocycles. The summed E-state index contributed by atoms with van der Waals surface area (Å²) in [6.07, 6.45) is -0.542. The number of likely N-dealkylation sites (tertiary alicyclic amines) is 1. The predicted octanol–water partition coefficient (Wildman–Crippen LogP) is 6.00. The zero-order valence-corrected chi connectivity index (χ0v) is 19.0. The minimum absolute atomic E-state index is 0.0519. The molecule has 1 fully saturated rings. The van der Waals surface area contributed by atoms with Crippen LogP contribution in [-0.4, -0.2) is 45.2 Å². The molecule has 0 saturated carbocycles. The van der Waals surface area contributed by atoms with Crippen molar-refractivity contribution in [2.45, 2.75) is 26.1 Å². The lowest BCUT2D eigenvalue weighted by molar-refractivity contribution is 0.0699. The average molecular weight is 501 g/mol. The van der Waals surface area contributed by atoms with Gasteiger partial charge in [-0.15, -0.1) is 0 Å². The number of carboxylic acid groups (broad SMARTS) is 1. The van der Waals surface area contributed by atoms with E-state index in [1.54, 1.807) is 13.0 Å². The fraction of sp³-hybridized carbons (Fsp3) is 0.231. The number of H-pyrrole nitrogens is 1. The van der Waals surface area contributed by atoms with E-state index in [9.17, 15) is 14.3 Å². The third-order valence-corrected chi connectivity index (χ3v) is 6.32. The van der Waals surface area contributed by atoms with Gasteiger partial charge in [0.15, 0.2) is 23.3 Å². The number of carbonyl (C=O) groups is 1. The zero-order chi connectivity index (χ0) is 25.7. The summed E-state index contributed by atoms with van der Waals surface area (Å²) in [7, 11) is 0. The summed E-state index contributed by atoms with van der Waals surface area (Å²) < 4.78 is 74.6. The van der Waals surface area contributed by atoms with Gasteiger partial charge in [-0.05, 0) is 48.2 Å². The number of benzene rings is 3. The maximum Gasteiger partial charge on any atom is 0.337 e. The van der Waals surface area contributed by atoms with Crippen LogP contribution in [0, 0.1) is 30.2 Å². The number of nitrogens with one attached hydrogen (secondary N) is 1. The minimum atomic E-state index is -1.65. The molecule has 0 aliphatic carbocycles. The van der Waals surface area contributed by atoms with Crippen LogP contribution < -0.4 is 0 Å². The Morgan fingerprint density at radius 2 is 1.72 bits per heavy atom. The molecule has 10 heteroatoms. The molecule has 1 saturated heterocycles. The molecule has 5 nitrogen and oxygen atoms in total. The fourth-order valence-corrected chi connectivity index (χ4v) is 4.70. The van der Waals surface area contributed by atoms with Gasteiger partial charge in [-0.3, -0.25) is 4.90 Å². The molecule has 0 bridgehead atoms. The predicted molar refractivity (Wildman–Crippen MR) is 123 cm³/mol. The quantitative estimate of drug-likeness (QED) is 0.260. The topological polar surface area (TPSA) is 69.2 Å². The molecule has 1 unspecified atom stereocenters. The van der Waals surface area contributed by atoms with E-state index in [-0.39, 0.29) is 34.3 Å². The van der Waals surface area contributed by atoms with E-state index >= 15 is 17.6 Å². The van der Waals surface area contributed by atoms with Crippen LogP contribution in [0.4, 0.5) is 22.0 Å². The van der Waals surface area contributed by atoms with E-state index < -0.39 is 46.5 Å². The summed E-state index contributed by atoms with van der Waals surface area (Å²) in [6.45, 7) is 2.66. The number of imidazole rings is 1. The number of fused-ring (bicyclic) bond motifs is 1. The van der Waals surface area contributed by atoms with Crippen LogP contribution in [0.1, 0.15) is 28.2 Å². The van der Waals surface area contributed by atoms with E-state index in [0.29, 0.717) is 30.9 Å². The van der Waals surface area contributed by atoms with Gasteiger partial charge in [0.2, 0.25) is 0 Å². The van der Waals surface area contributed by atoms with Crippen LogP contribution in [-0.2, 0) is 6.54 Å². The highest BCUT2D eigenvalue weighted by molar-refractivity contribution is 6.03. The summed E-state index contributed by atoms with van der Waals surface area (Å²) in [5.74, 6) is -7.58. The number of hydrogen-bond acceptors (Lipinski definition) is 3. The highest BCUT2D eigenvalue weighted by Crippen LogP contribution is 2.38. The van der Waals surface area contributed by atoms with Crippen molar-refractivity contribution in [3.8, 4) is 22.3 Å². The van der Waals surface area contributed by atoms with Crippen LogP contribution in [0.3, 0.4) is 0 Å². The Morgan fingerprint density at radius 3 is 2.33 bits per heavy atom. The van der Waals surface area contributed by atoms with Crippen LogP contribution in [0.5, 0.6) is 0 Å². The number of aromatic carboxylic acids is 1. The Hall–Kier alpha value is -3.79. The van der Waals surface area contributed by atoms with Crippen molar-refractivity contribution in [1.82, 2.24) is 14.9 Å². The Balaban J connectivity index is 1.61. The van der Waals surface area contributed by atoms with Crippen molar-refractivity contribution < 1.29 is 31.9 Å². The van der Waals surface area contributed by atoms with Gasteiger partial charge in [0.1, 0.15) is 17.5 Å².